The van der Waals surface area contributed by atoms with Crippen molar-refractivity contribution in [3.8, 4) is 0 Å². The summed E-state index contributed by atoms with van der Waals surface area (Å²) in [4.78, 5) is 5.56. The van der Waals surface area contributed by atoms with Crippen molar-refractivity contribution < 1.29 is 0 Å². The first-order valence-corrected chi connectivity index (χ1v) is 9.04. The van der Waals surface area contributed by atoms with Gasteiger partial charge in [0.25, 0.3) is 0 Å². The first-order valence-electron chi connectivity index (χ1n) is 7.75. The second kappa shape index (κ2) is 7.16. The summed E-state index contributed by atoms with van der Waals surface area (Å²) < 4.78 is 0. The molecule has 2 rings (SSSR count). The van der Waals surface area contributed by atoms with Crippen LogP contribution in [0.25, 0.3) is 0 Å². The molecular weight excluding hydrogens is 240 g/mol. The van der Waals surface area contributed by atoms with Gasteiger partial charge in [0.1, 0.15) is 0 Å². The molecule has 3 unspecified atom stereocenters. The van der Waals surface area contributed by atoms with Gasteiger partial charge in [-0.25, -0.2) is 0 Å². The van der Waals surface area contributed by atoms with Crippen molar-refractivity contribution in [2.24, 2.45) is 0 Å². The van der Waals surface area contributed by atoms with Gasteiger partial charge in [-0.15, -0.1) is 0 Å². The van der Waals surface area contributed by atoms with Crippen molar-refractivity contribution in [2.75, 3.05) is 32.4 Å². The number of piperidine rings is 1. The van der Waals surface area contributed by atoms with Crippen molar-refractivity contribution >= 4 is 11.8 Å². The number of hydrogen-bond acceptors (Lipinski definition) is 3. The maximum atomic E-state index is 2.79. The molecule has 0 bridgehead atoms. The molecule has 0 aromatic rings. The lowest BCUT2D eigenvalue weighted by molar-refractivity contribution is 0.00728. The Morgan fingerprint density at radius 1 is 1.28 bits per heavy atom. The van der Waals surface area contributed by atoms with Crippen LogP contribution in [0, 0.1) is 0 Å². The van der Waals surface area contributed by atoms with Crippen LogP contribution in [-0.4, -0.2) is 59.6 Å². The Labute approximate surface area is 117 Å². The van der Waals surface area contributed by atoms with Gasteiger partial charge in [0.05, 0.1) is 0 Å². The summed E-state index contributed by atoms with van der Waals surface area (Å²) in [6, 6.07) is 1.68. The first kappa shape index (κ1) is 14.7. The van der Waals surface area contributed by atoms with Crippen LogP contribution in [-0.2, 0) is 0 Å². The molecule has 0 spiro atoms. The lowest BCUT2D eigenvalue weighted by atomic mass is 9.95. The highest BCUT2D eigenvalue weighted by molar-refractivity contribution is 7.99. The van der Waals surface area contributed by atoms with Crippen LogP contribution in [0.5, 0.6) is 0 Å². The minimum absolute atomic E-state index is 0.812. The number of piperazine rings is 1. The van der Waals surface area contributed by atoms with E-state index in [1.165, 1.54) is 58.3 Å². The van der Waals surface area contributed by atoms with Gasteiger partial charge in [-0.2, -0.15) is 11.8 Å². The summed E-state index contributed by atoms with van der Waals surface area (Å²) in [5.74, 6) is 0. The zero-order valence-electron chi connectivity index (χ0n) is 12.4. The topological polar surface area (TPSA) is 6.48 Å². The average Bonchev–Trinajstić information content (AvgIpc) is 2.43. The van der Waals surface area contributed by atoms with Gasteiger partial charge in [0, 0.05) is 30.4 Å². The highest BCUT2D eigenvalue weighted by Crippen LogP contribution is 2.26. The summed E-state index contributed by atoms with van der Waals surface area (Å²) in [7, 11) is 0. The van der Waals surface area contributed by atoms with Crippen molar-refractivity contribution in [1.82, 2.24) is 9.80 Å². The van der Waals surface area contributed by atoms with E-state index in [1.54, 1.807) is 0 Å². The van der Waals surface area contributed by atoms with Crippen LogP contribution in [0.4, 0.5) is 0 Å². The van der Waals surface area contributed by atoms with Crippen LogP contribution in [0.3, 0.4) is 0 Å². The van der Waals surface area contributed by atoms with Crippen molar-refractivity contribution in [1.29, 1.82) is 0 Å². The van der Waals surface area contributed by atoms with E-state index >= 15 is 0 Å². The molecule has 0 aliphatic carbocycles. The summed E-state index contributed by atoms with van der Waals surface area (Å²) >= 11 is 2.01. The number of thioether (sulfide) groups is 1. The van der Waals surface area contributed by atoms with Gasteiger partial charge in [-0.3, -0.25) is 9.80 Å². The smallest absolute Gasteiger partial charge is 0.0223 e. The molecular formula is C15H30N2S. The molecule has 3 heteroatoms. The van der Waals surface area contributed by atoms with Gasteiger partial charge >= 0.3 is 0 Å². The minimum atomic E-state index is 0.812. The Hall–Kier alpha value is 0.270. The Morgan fingerprint density at radius 2 is 2.11 bits per heavy atom. The molecule has 2 fully saturated rings. The van der Waals surface area contributed by atoms with Gasteiger partial charge in [-0.05, 0) is 45.0 Å². The number of fused-ring (bicyclic) bond motifs is 1. The fourth-order valence-electron chi connectivity index (χ4n) is 3.44. The molecule has 2 heterocycles. The van der Waals surface area contributed by atoms with Crippen LogP contribution >= 0.6 is 11.8 Å². The van der Waals surface area contributed by atoms with Crippen molar-refractivity contribution in [3.63, 3.8) is 0 Å². The Bertz CT molecular complexity index is 247. The lowest BCUT2D eigenvalue weighted by Gasteiger charge is -2.48. The average molecular weight is 270 g/mol. The van der Waals surface area contributed by atoms with Gasteiger partial charge in [-0.1, -0.05) is 20.3 Å². The molecule has 2 aliphatic rings. The monoisotopic (exact) mass is 270 g/mol. The summed E-state index contributed by atoms with van der Waals surface area (Å²) in [6.45, 7) is 10.1. The van der Waals surface area contributed by atoms with E-state index in [-0.39, 0.29) is 0 Å². The maximum absolute atomic E-state index is 2.79. The quantitative estimate of drug-likeness (QED) is 0.758. The molecule has 0 radical (unpaired) electrons. The van der Waals surface area contributed by atoms with E-state index in [9.17, 15) is 0 Å². The van der Waals surface area contributed by atoms with E-state index in [1.807, 2.05) is 11.8 Å². The standard InChI is InChI=1S/C15H30N2S/c1-4-14-11-16-9-6-5-7-15(16)12-17(14)10-8-13(2)18-3/h13-15H,4-12H2,1-3H3. The molecule has 18 heavy (non-hydrogen) atoms. The largest absolute Gasteiger partial charge is 0.298 e. The minimum Gasteiger partial charge on any atom is -0.298 e. The molecule has 0 aromatic carbocycles. The SMILES string of the molecule is CCC1CN2CCCCC2CN1CCC(C)SC. The van der Waals surface area contributed by atoms with Crippen molar-refractivity contribution in [3.05, 3.63) is 0 Å². The van der Waals surface area contributed by atoms with E-state index in [0.29, 0.717) is 0 Å². The third-order valence-electron chi connectivity index (χ3n) is 4.85. The van der Waals surface area contributed by atoms with Gasteiger partial charge in [0.2, 0.25) is 0 Å². The maximum Gasteiger partial charge on any atom is 0.0223 e. The molecule has 2 nitrogen and oxygen atoms in total. The number of rotatable bonds is 5. The second-order valence-corrected chi connectivity index (χ2v) is 7.31. The molecule has 0 amide bonds. The van der Waals surface area contributed by atoms with E-state index in [4.69, 9.17) is 0 Å². The molecule has 0 N–H and O–H groups in total. The van der Waals surface area contributed by atoms with Crippen LogP contribution in [0.2, 0.25) is 0 Å². The summed E-state index contributed by atoms with van der Waals surface area (Å²) in [6.07, 6.45) is 9.22. The Balaban J connectivity index is 1.87. The summed E-state index contributed by atoms with van der Waals surface area (Å²) in [5, 5.41) is 0.812. The molecule has 0 saturated carbocycles. The fourth-order valence-corrected chi connectivity index (χ4v) is 3.78. The zero-order chi connectivity index (χ0) is 13.0. The fraction of sp³-hybridized carbons (Fsp3) is 1.00. The summed E-state index contributed by atoms with van der Waals surface area (Å²) in [5.41, 5.74) is 0. The lowest BCUT2D eigenvalue weighted by Crippen LogP contribution is -2.59. The third kappa shape index (κ3) is 3.64. The van der Waals surface area contributed by atoms with E-state index < -0.39 is 0 Å². The molecule has 0 aromatic heterocycles. The molecule has 106 valence electrons. The van der Waals surface area contributed by atoms with Crippen molar-refractivity contribution in [2.45, 2.75) is 63.3 Å². The highest BCUT2D eigenvalue weighted by Gasteiger charge is 2.33. The second-order valence-electron chi connectivity index (χ2n) is 6.04. The van der Waals surface area contributed by atoms with Crippen LogP contribution in [0.15, 0.2) is 0 Å². The zero-order valence-corrected chi connectivity index (χ0v) is 13.2. The molecule has 2 saturated heterocycles. The predicted molar refractivity (Wildman–Crippen MR) is 82.5 cm³/mol. The predicted octanol–water partition coefficient (Wildman–Crippen LogP) is 3.08. The van der Waals surface area contributed by atoms with Crippen LogP contribution < -0.4 is 0 Å². The van der Waals surface area contributed by atoms with Gasteiger partial charge in [0.15, 0.2) is 0 Å². The first-order chi connectivity index (χ1) is 8.74. The number of hydrogen-bond donors (Lipinski definition) is 0. The third-order valence-corrected chi connectivity index (χ3v) is 5.89. The highest BCUT2D eigenvalue weighted by atomic mass is 32.2. The van der Waals surface area contributed by atoms with Gasteiger partial charge < -0.3 is 0 Å². The normalized spacial score (nSPS) is 32.2. The molecule has 3 atom stereocenters. The Kier molecular flexibility index (Phi) is 5.84. The Morgan fingerprint density at radius 3 is 2.83 bits per heavy atom. The molecule has 2 aliphatic heterocycles. The van der Waals surface area contributed by atoms with E-state index in [2.05, 4.69) is 29.9 Å². The van der Waals surface area contributed by atoms with Crippen LogP contribution in [0.1, 0.15) is 46.0 Å². The van der Waals surface area contributed by atoms with E-state index in [0.717, 1.165) is 17.3 Å². The number of nitrogens with zero attached hydrogens (tertiary/aromatic N) is 2.